The molecule has 0 N–H and O–H groups in total. The van der Waals surface area contributed by atoms with Gasteiger partial charge in [0.25, 0.3) is 0 Å². The number of hydrogen-bond donors (Lipinski definition) is 0. The summed E-state index contributed by atoms with van der Waals surface area (Å²) in [4.78, 5) is 4.69. The average Bonchev–Trinajstić information content (AvgIpc) is 2.79. The van der Waals surface area contributed by atoms with Crippen molar-refractivity contribution in [3.8, 4) is 11.1 Å². The van der Waals surface area contributed by atoms with Crippen molar-refractivity contribution in [3.05, 3.63) is 82.6 Å². The van der Waals surface area contributed by atoms with Crippen LogP contribution in [-0.2, 0) is 6.54 Å². The molecule has 3 aromatic carbocycles. The predicted molar refractivity (Wildman–Crippen MR) is 132 cm³/mol. The maximum atomic E-state index is 14.6. The van der Waals surface area contributed by atoms with E-state index in [0.29, 0.717) is 46.0 Å². The van der Waals surface area contributed by atoms with Gasteiger partial charge in [-0.15, -0.1) is 11.8 Å². The molecule has 0 spiro atoms. The molecular formula is C26H25ClF4N2S. The number of rotatable bonds is 6. The number of benzene rings is 3. The van der Waals surface area contributed by atoms with Gasteiger partial charge >= 0.3 is 6.18 Å². The van der Waals surface area contributed by atoms with Crippen LogP contribution in [0.15, 0.2) is 65.6 Å². The second-order valence-electron chi connectivity index (χ2n) is 8.44. The van der Waals surface area contributed by atoms with Gasteiger partial charge in [0.15, 0.2) is 0 Å². The molecule has 0 unspecified atom stereocenters. The molecule has 0 aliphatic carbocycles. The zero-order valence-corrected chi connectivity index (χ0v) is 20.3. The van der Waals surface area contributed by atoms with E-state index in [4.69, 9.17) is 11.6 Å². The SMILES string of the molecule is Cc1cc(F)c(N2CCN(Cc3ccc(-c4cccc(Cl)c4)cc3)CC2)cc1SCC(F)(F)F. The largest absolute Gasteiger partial charge is 0.398 e. The standard InChI is InChI=1S/C26H25ClF4N2S/c1-18-13-23(28)24(15-25(18)34-17-26(29,30)31)33-11-9-32(10-12-33)16-19-5-7-20(8-6-19)21-3-2-4-22(27)14-21/h2-8,13-15H,9-12,16-17H2,1H3. The molecule has 1 saturated heterocycles. The lowest BCUT2D eigenvalue weighted by molar-refractivity contribution is -0.105. The highest BCUT2D eigenvalue weighted by molar-refractivity contribution is 7.99. The molecule has 0 bridgehead atoms. The number of aryl methyl sites for hydroxylation is 1. The van der Waals surface area contributed by atoms with E-state index in [2.05, 4.69) is 29.2 Å². The first-order chi connectivity index (χ1) is 16.2. The van der Waals surface area contributed by atoms with Gasteiger partial charge in [0.05, 0.1) is 11.4 Å². The number of thioether (sulfide) groups is 1. The van der Waals surface area contributed by atoms with Crippen molar-refractivity contribution < 1.29 is 17.6 Å². The van der Waals surface area contributed by atoms with E-state index in [1.807, 2.05) is 29.2 Å². The van der Waals surface area contributed by atoms with E-state index in [1.165, 1.54) is 11.6 Å². The van der Waals surface area contributed by atoms with Crippen molar-refractivity contribution >= 4 is 29.1 Å². The minimum absolute atomic E-state index is 0.376. The minimum Gasteiger partial charge on any atom is -0.367 e. The lowest BCUT2D eigenvalue weighted by Gasteiger charge is -2.36. The average molecular weight is 509 g/mol. The normalized spacial score (nSPS) is 15.1. The maximum absolute atomic E-state index is 14.6. The van der Waals surface area contributed by atoms with Gasteiger partial charge in [-0.3, -0.25) is 4.90 Å². The monoisotopic (exact) mass is 508 g/mol. The summed E-state index contributed by atoms with van der Waals surface area (Å²) in [5.74, 6) is -1.37. The van der Waals surface area contributed by atoms with Gasteiger partial charge in [0.1, 0.15) is 5.82 Å². The highest BCUT2D eigenvalue weighted by atomic mass is 35.5. The molecule has 0 amide bonds. The lowest BCUT2D eigenvalue weighted by Crippen LogP contribution is -2.46. The van der Waals surface area contributed by atoms with Crippen molar-refractivity contribution in [2.75, 3.05) is 36.8 Å². The first-order valence-electron chi connectivity index (χ1n) is 11.0. The zero-order chi connectivity index (χ0) is 24.3. The Kier molecular flexibility index (Phi) is 7.75. The van der Waals surface area contributed by atoms with Crippen LogP contribution in [0.2, 0.25) is 5.02 Å². The molecule has 34 heavy (non-hydrogen) atoms. The molecule has 3 aromatic rings. The Morgan fingerprint density at radius 1 is 0.912 bits per heavy atom. The number of halogens is 5. The fourth-order valence-electron chi connectivity index (χ4n) is 4.08. The van der Waals surface area contributed by atoms with Crippen LogP contribution in [-0.4, -0.2) is 43.0 Å². The van der Waals surface area contributed by atoms with Crippen molar-refractivity contribution in [1.29, 1.82) is 0 Å². The summed E-state index contributed by atoms with van der Waals surface area (Å²) in [6.07, 6.45) is -4.26. The molecule has 8 heteroatoms. The second-order valence-corrected chi connectivity index (χ2v) is 9.90. The van der Waals surface area contributed by atoms with Gasteiger partial charge in [-0.1, -0.05) is 48.0 Å². The third-order valence-electron chi connectivity index (χ3n) is 5.87. The van der Waals surface area contributed by atoms with Crippen LogP contribution in [0, 0.1) is 12.7 Å². The van der Waals surface area contributed by atoms with Crippen LogP contribution in [0.5, 0.6) is 0 Å². The summed E-state index contributed by atoms with van der Waals surface area (Å²) in [6, 6.07) is 19.0. The minimum atomic E-state index is -4.26. The van der Waals surface area contributed by atoms with Crippen LogP contribution < -0.4 is 4.90 Å². The third-order valence-corrected chi connectivity index (χ3v) is 7.32. The lowest BCUT2D eigenvalue weighted by atomic mass is 10.0. The molecule has 0 saturated carbocycles. The summed E-state index contributed by atoms with van der Waals surface area (Å²) in [6.45, 7) is 5.14. The molecule has 4 rings (SSSR count). The van der Waals surface area contributed by atoms with E-state index in [-0.39, 0.29) is 5.82 Å². The second kappa shape index (κ2) is 10.6. The van der Waals surface area contributed by atoms with Gasteiger partial charge in [0.2, 0.25) is 0 Å². The Morgan fingerprint density at radius 2 is 1.62 bits per heavy atom. The van der Waals surface area contributed by atoms with Crippen molar-refractivity contribution in [3.63, 3.8) is 0 Å². The Balaban J connectivity index is 1.36. The molecule has 1 aliphatic rings. The smallest absolute Gasteiger partial charge is 0.367 e. The van der Waals surface area contributed by atoms with E-state index in [9.17, 15) is 17.6 Å². The molecule has 1 aliphatic heterocycles. The van der Waals surface area contributed by atoms with Gasteiger partial charge in [0, 0.05) is 42.6 Å². The Bertz CT molecular complexity index is 1130. The molecule has 2 nitrogen and oxygen atoms in total. The molecule has 0 aromatic heterocycles. The molecule has 1 fully saturated rings. The molecule has 0 radical (unpaired) electrons. The first kappa shape index (κ1) is 24.9. The number of piperazine rings is 1. The van der Waals surface area contributed by atoms with E-state index >= 15 is 0 Å². The Morgan fingerprint density at radius 3 is 2.26 bits per heavy atom. The fourth-order valence-corrected chi connectivity index (χ4v) is 5.07. The summed E-state index contributed by atoms with van der Waals surface area (Å²) in [7, 11) is 0. The van der Waals surface area contributed by atoms with Crippen LogP contribution in [0.1, 0.15) is 11.1 Å². The highest BCUT2D eigenvalue weighted by Crippen LogP contribution is 2.34. The van der Waals surface area contributed by atoms with Crippen LogP contribution in [0.4, 0.5) is 23.2 Å². The third kappa shape index (κ3) is 6.46. The van der Waals surface area contributed by atoms with E-state index in [0.717, 1.165) is 30.8 Å². The van der Waals surface area contributed by atoms with Gasteiger partial charge < -0.3 is 4.90 Å². The molecule has 0 atom stereocenters. The Hall–Kier alpha value is -2.22. The number of hydrogen-bond acceptors (Lipinski definition) is 3. The number of nitrogens with zero attached hydrogens (tertiary/aromatic N) is 2. The first-order valence-corrected chi connectivity index (χ1v) is 12.4. The number of alkyl halides is 3. The summed E-state index contributed by atoms with van der Waals surface area (Å²) >= 11 is 6.80. The van der Waals surface area contributed by atoms with Crippen molar-refractivity contribution in [2.45, 2.75) is 24.5 Å². The fraction of sp³-hybridized carbons (Fsp3) is 0.308. The Labute approximate surface area is 206 Å². The topological polar surface area (TPSA) is 6.48 Å². The highest BCUT2D eigenvalue weighted by Gasteiger charge is 2.28. The molecular weight excluding hydrogens is 484 g/mol. The summed E-state index contributed by atoms with van der Waals surface area (Å²) < 4.78 is 52.6. The van der Waals surface area contributed by atoms with Crippen molar-refractivity contribution in [2.24, 2.45) is 0 Å². The van der Waals surface area contributed by atoms with Gasteiger partial charge in [-0.25, -0.2) is 4.39 Å². The number of anilines is 1. The van der Waals surface area contributed by atoms with Crippen LogP contribution in [0.3, 0.4) is 0 Å². The summed E-state index contributed by atoms with van der Waals surface area (Å²) in [5.41, 5.74) is 4.26. The maximum Gasteiger partial charge on any atom is 0.398 e. The van der Waals surface area contributed by atoms with E-state index in [1.54, 1.807) is 13.0 Å². The van der Waals surface area contributed by atoms with E-state index < -0.39 is 11.9 Å². The molecule has 1 heterocycles. The van der Waals surface area contributed by atoms with Crippen LogP contribution >= 0.6 is 23.4 Å². The van der Waals surface area contributed by atoms with Crippen LogP contribution in [0.25, 0.3) is 11.1 Å². The van der Waals surface area contributed by atoms with Gasteiger partial charge in [-0.05, 0) is 53.4 Å². The van der Waals surface area contributed by atoms with Crippen molar-refractivity contribution in [1.82, 2.24) is 4.90 Å². The van der Waals surface area contributed by atoms with Gasteiger partial charge in [-0.2, -0.15) is 13.2 Å². The summed E-state index contributed by atoms with van der Waals surface area (Å²) in [5, 5.41) is 0.704. The predicted octanol–water partition coefficient (Wildman–Crippen LogP) is 7.43. The molecule has 180 valence electrons. The zero-order valence-electron chi connectivity index (χ0n) is 18.7. The quantitative estimate of drug-likeness (QED) is 0.252.